The lowest BCUT2D eigenvalue weighted by atomic mass is 9.95. The molecule has 0 atom stereocenters. The average Bonchev–Trinajstić information content (AvgIpc) is 2.20. The molecule has 0 heterocycles. The highest BCUT2D eigenvalue weighted by Crippen LogP contribution is 2.19. The summed E-state index contributed by atoms with van der Waals surface area (Å²) in [7, 11) is 0. The molecule has 0 saturated heterocycles. The second-order valence-electron chi connectivity index (χ2n) is 4.40. The van der Waals surface area contributed by atoms with Crippen molar-refractivity contribution < 1.29 is 9.63 Å². The Balaban J connectivity index is 2.69. The Hall–Kier alpha value is -1.91. The summed E-state index contributed by atoms with van der Waals surface area (Å²) in [6, 6.07) is 6.53. The van der Waals surface area contributed by atoms with Gasteiger partial charge in [-0.15, -0.1) is 0 Å². The maximum absolute atomic E-state index is 11.6. The number of carbonyl (C=O) groups excluding carboxylic acids is 1. The molecule has 16 heavy (non-hydrogen) atoms. The van der Waals surface area contributed by atoms with Gasteiger partial charge in [0.1, 0.15) is 0 Å². The first-order valence-electron chi connectivity index (χ1n) is 4.86. The van der Waals surface area contributed by atoms with Gasteiger partial charge in [0.15, 0.2) is 5.75 Å². The summed E-state index contributed by atoms with van der Waals surface area (Å²) in [5.74, 6) is 0.337. The van der Waals surface area contributed by atoms with Gasteiger partial charge in [0.2, 0.25) is 5.91 Å². The van der Waals surface area contributed by atoms with Crippen LogP contribution in [0.1, 0.15) is 20.8 Å². The molecule has 0 bridgehead atoms. The van der Waals surface area contributed by atoms with Crippen molar-refractivity contribution in [1.29, 1.82) is 0 Å². The standard InChI is InChI=1S/C11H14N3O2/c1-11(2,3)10(15)13-8-4-6-9(7-5-8)16-14-12/h4-7H,1-3H3,(H,13,15). The van der Waals surface area contributed by atoms with Gasteiger partial charge >= 0.3 is 0 Å². The van der Waals surface area contributed by atoms with Crippen molar-refractivity contribution in [3.05, 3.63) is 24.3 Å². The van der Waals surface area contributed by atoms with Gasteiger partial charge in [0.25, 0.3) is 0 Å². The molecule has 5 heteroatoms. The number of hydrogen-bond acceptors (Lipinski definition) is 3. The van der Waals surface area contributed by atoms with E-state index in [2.05, 4.69) is 15.4 Å². The molecule has 0 aliphatic rings. The highest BCUT2D eigenvalue weighted by molar-refractivity contribution is 5.94. The normalized spacial score (nSPS) is 10.7. The van der Waals surface area contributed by atoms with Crippen molar-refractivity contribution in [2.24, 2.45) is 10.7 Å². The molecule has 0 aliphatic heterocycles. The maximum Gasteiger partial charge on any atom is 0.229 e. The first-order valence-corrected chi connectivity index (χ1v) is 4.86. The number of nitrogens with zero attached hydrogens (tertiary/aromatic N) is 2. The summed E-state index contributed by atoms with van der Waals surface area (Å²) in [6.07, 6.45) is 0. The van der Waals surface area contributed by atoms with E-state index in [0.717, 1.165) is 0 Å². The second kappa shape index (κ2) is 4.74. The third-order valence-electron chi connectivity index (χ3n) is 1.94. The zero-order valence-electron chi connectivity index (χ0n) is 9.52. The van der Waals surface area contributed by atoms with Gasteiger partial charge in [0, 0.05) is 16.6 Å². The lowest BCUT2D eigenvalue weighted by Gasteiger charge is -2.17. The molecule has 0 aliphatic carbocycles. The van der Waals surface area contributed by atoms with Crippen LogP contribution in [0.25, 0.3) is 0 Å². The number of nitrogens with one attached hydrogen (secondary N) is 1. The van der Waals surface area contributed by atoms with Gasteiger partial charge in [-0.25, -0.2) is 0 Å². The zero-order valence-corrected chi connectivity index (χ0v) is 9.52. The molecule has 5 nitrogen and oxygen atoms in total. The Kier molecular flexibility index (Phi) is 3.60. The van der Waals surface area contributed by atoms with Gasteiger partial charge in [-0.2, -0.15) is 0 Å². The van der Waals surface area contributed by atoms with E-state index in [4.69, 9.17) is 5.53 Å². The van der Waals surface area contributed by atoms with Gasteiger partial charge in [-0.3, -0.25) is 4.79 Å². The summed E-state index contributed by atoms with van der Waals surface area (Å²) >= 11 is 0. The van der Waals surface area contributed by atoms with Crippen LogP contribution in [0.2, 0.25) is 0 Å². The van der Waals surface area contributed by atoms with Crippen LogP contribution in [0.3, 0.4) is 0 Å². The summed E-state index contributed by atoms with van der Waals surface area (Å²) in [5, 5.41) is 5.31. The minimum atomic E-state index is -0.435. The smallest absolute Gasteiger partial charge is 0.229 e. The SMILES string of the molecule is CC(C)(C)C(=O)Nc1ccc(ON=[N])cc1. The molecule has 1 amide bonds. The molecule has 0 unspecified atom stereocenters. The van der Waals surface area contributed by atoms with Crippen LogP contribution >= 0.6 is 0 Å². The summed E-state index contributed by atoms with van der Waals surface area (Å²) in [5.41, 5.74) is 8.41. The molecule has 1 rings (SSSR count). The molecule has 85 valence electrons. The Morgan fingerprint density at radius 2 is 1.88 bits per heavy atom. The third kappa shape index (κ3) is 3.34. The van der Waals surface area contributed by atoms with Crippen LogP contribution < -0.4 is 15.7 Å². The van der Waals surface area contributed by atoms with Gasteiger partial charge in [0.05, 0.1) is 5.28 Å². The van der Waals surface area contributed by atoms with Crippen molar-refractivity contribution >= 4 is 11.6 Å². The van der Waals surface area contributed by atoms with E-state index in [9.17, 15) is 4.79 Å². The van der Waals surface area contributed by atoms with E-state index < -0.39 is 5.41 Å². The maximum atomic E-state index is 11.6. The monoisotopic (exact) mass is 220 g/mol. The first-order chi connectivity index (χ1) is 7.43. The first kappa shape index (κ1) is 12.2. The fraction of sp³-hybridized carbons (Fsp3) is 0.364. The second-order valence-corrected chi connectivity index (χ2v) is 4.40. The topological polar surface area (TPSA) is 73.0 Å². The molecular weight excluding hydrogens is 206 g/mol. The van der Waals surface area contributed by atoms with Gasteiger partial charge in [-0.1, -0.05) is 20.8 Å². The highest BCUT2D eigenvalue weighted by Gasteiger charge is 2.20. The Morgan fingerprint density at radius 3 is 2.31 bits per heavy atom. The number of hydrogen-bond donors (Lipinski definition) is 1. The van der Waals surface area contributed by atoms with Crippen molar-refractivity contribution in [2.45, 2.75) is 20.8 Å². The predicted octanol–water partition coefficient (Wildman–Crippen LogP) is 2.22. The van der Waals surface area contributed by atoms with E-state index in [1.165, 1.54) is 0 Å². The van der Waals surface area contributed by atoms with Crippen molar-refractivity contribution in [3.8, 4) is 5.75 Å². The predicted molar refractivity (Wildman–Crippen MR) is 59.7 cm³/mol. The fourth-order valence-corrected chi connectivity index (χ4v) is 0.965. The Morgan fingerprint density at radius 1 is 1.31 bits per heavy atom. The largest absolute Gasteiger partial charge is 0.338 e. The highest BCUT2D eigenvalue weighted by atomic mass is 16.6. The number of rotatable bonds is 3. The molecule has 1 aromatic carbocycles. The lowest BCUT2D eigenvalue weighted by Crippen LogP contribution is -2.27. The van der Waals surface area contributed by atoms with Crippen LogP contribution in [-0.2, 0) is 4.79 Å². The number of carbonyl (C=O) groups is 1. The number of benzene rings is 1. The van der Waals surface area contributed by atoms with Gasteiger partial charge < -0.3 is 10.2 Å². The summed E-state index contributed by atoms with van der Waals surface area (Å²) in [4.78, 5) is 16.1. The molecule has 1 radical (unpaired) electrons. The van der Waals surface area contributed by atoms with Gasteiger partial charge in [-0.05, 0) is 24.3 Å². The Bertz CT molecular complexity index is 379. The van der Waals surface area contributed by atoms with E-state index in [1.807, 2.05) is 20.8 Å². The molecule has 0 spiro atoms. The summed E-state index contributed by atoms with van der Waals surface area (Å²) < 4.78 is 0. The molecule has 1 aromatic rings. The molecule has 0 saturated carbocycles. The van der Waals surface area contributed by atoms with E-state index >= 15 is 0 Å². The van der Waals surface area contributed by atoms with Crippen molar-refractivity contribution in [3.63, 3.8) is 0 Å². The van der Waals surface area contributed by atoms with Crippen LogP contribution in [-0.4, -0.2) is 5.91 Å². The van der Waals surface area contributed by atoms with Crippen LogP contribution in [0.15, 0.2) is 29.5 Å². The molecule has 0 fully saturated rings. The molecular formula is C11H14N3O2. The lowest BCUT2D eigenvalue weighted by molar-refractivity contribution is -0.123. The summed E-state index contributed by atoms with van der Waals surface area (Å²) in [6.45, 7) is 5.51. The zero-order chi connectivity index (χ0) is 12.2. The molecule has 0 aromatic heterocycles. The van der Waals surface area contributed by atoms with Crippen LogP contribution in [0.5, 0.6) is 5.75 Å². The van der Waals surface area contributed by atoms with E-state index in [1.54, 1.807) is 24.3 Å². The Labute approximate surface area is 94.3 Å². The van der Waals surface area contributed by atoms with E-state index in [-0.39, 0.29) is 5.91 Å². The quantitative estimate of drug-likeness (QED) is 0.626. The van der Waals surface area contributed by atoms with Crippen LogP contribution in [0, 0.1) is 5.41 Å². The fourth-order valence-electron chi connectivity index (χ4n) is 0.965. The van der Waals surface area contributed by atoms with Crippen LogP contribution in [0.4, 0.5) is 5.69 Å². The minimum absolute atomic E-state index is 0.0620. The third-order valence-corrected chi connectivity index (χ3v) is 1.94. The average molecular weight is 220 g/mol. The number of anilines is 1. The van der Waals surface area contributed by atoms with E-state index in [0.29, 0.717) is 11.4 Å². The number of amides is 1. The van der Waals surface area contributed by atoms with Crippen molar-refractivity contribution in [1.82, 2.24) is 5.53 Å². The van der Waals surface area contributed by atoms with Crippen molar-refractivity contribution in [2.75, 3.05) is 5.32 Å². The molecule has 1 N–H and O–H groups in total. The minimum Gasteiger partial charge on any atom is -0.338 e.